The van der Waals surface area contributed by atoms with Crippen LogP contribution in [0.25, 0.3) is 6.08 Å². The Hall–Kier alpha value is -2.05. The standard InChI is InChI=1S/C18H17F3N2O.ClH/c19-18(20,21)16-5-2-8-23-17(16)24-15-4-1-3-14(12-15)11-13-6-9-22-10-7-13;/h1-5,8,11-12,22H,6-7,9-10H2;1H. The fraction of sp³-hybridized carbons (Fsp3) is 0.278. The van der Waals surface area contributed by atoms with E-state index in [-0.39, 0.29) is 12.4 Å². The molecule has 0 radical (unpaired) electrons. The molecule has 3 nitrogen and oxygen atoms in total. The third-order valence-electron chi connectivity index (χ3n) is 3.77. The zero-order valence-corrected chi connectivity index (χ0v) is 14.2. The molecule has 1 aromatic heterocycles. The molecular weight excluding hydrogens is 353 g/mol. The molecule has 3 rings (SSSR count). The monoisotopic (exact) mass is 370 g/mol. The number of nitrogens with zero attached hydrogens (tertiary/aromatic N) is 1. The molecule has 1 aliphatic rings. The first-order chi connectivity index (χ1) is 11.5. The van der Waals surface area contributed by atoms with E-state index in [9.17, 15) is 13.2 Å². The second kappa shape index (κ2) is 8.36. The number of aromatic nitrogens is 1. The van der Waals surface area contributed by atoms with E-state index in [1.54, 1.807) is 18.2 Å². The van der Waals surface area contributed by atoms with Gasteiger partial charge in [0.15, 0.2) is 0 Å². The molecule has 1 aliphatic heterocycles. The Labute approximate surface area is 150 Å². The maximum absolute atomic E-state index is 13.0. The van der Waals surface area contributed by atoms with E-state index in [1.165, 1.54) is 17.8 Å². The smallest absolute Gasteiger partial charge is 0.421 e. The minimum Gasteiger partial charge on any atom is -0.438 e. The van der Waals surface area contributed by atoms with Gasteiger partial charge in [-0.1, -0.05) is 23.8 Å². The topological polar surface area (TPSA) is 34.1 Å². The molecule has 1 N–H and O–H groups in total. The van der Waals surface area contributed by atoms with Gasteiger partial charge in [0.05, 0.1) is 0 Å². The number of alkyl halides is 3. The van der Waals surface area contributed by atoms with Crippen molar-refractivity contribution in [1.29, 1.82) is 0 Å². The Morgan fingerprint density at radius 1 is 1.08 bits per heavy atom. The molecule has 2 aromatic rings. The number of halogens is 4. The van der Waals surface area contributed by atoms with Crippen molar-refractivity contribution in [1.82, 2.24) is 10.3 Å². The van der Waals surface area contributed by atoms with Crippen LogP contribution in [0.2, 0.25) is 0 Å². The molecule has 1 fully saturated rings. The first-order valence-electron chi connectivity index (χ1n) is 7.73. The van der Waals surface area contributed by atoms with Gasteiger partial charge in [0, 0.05) is 6.20 Å². The van der Waals surface area contributed by atoms with E-state index in [2.05, 4.69) is 16.4 Å². The summed E-state index contributed by atoms with van der Waals surface area (Å²) in [5, 5.41) is 3.28. The summed E-state index contributed by atoms with van der Waals surface area (Å²) in [5.41, 5.74) is 1.35. The number of benzene rings is 1. The van der Waals surface area contributed by atoms with E-state index >= 15 is 0 Å². The summed E-state index contributed by atoms with van der Waals surface area (Å²) in [6, 6.07) is 9.23. The Balaban J connectivity index is 0.00000225. The fourth-order valence-electron chi connectivity index (χ4n) is 2.60. The summed E-state index contributed by atoms with van der Waals surface area (Å²) in [5.74, 6) is -0.0980. The van der Waals surface area contributed by atoms with Gasteiger partial charge in [-0.05, 0) is 55.8 Å². The molecule has 0 saturated carbocycles. The first-order valence-corrected chi connectivity index (χ1v) is 7.73. The van der Waals surface area contributed by atoms with Crippen LogP contribution >= 0.6 is 12.4 Å². The van der Waals surface area contributed by atoms with Crippen LogP contribution in [0.5, 0.6) is 11.6 Å². The number of rotatable bonds is 3. The van der Waals surface area contributed by atoms with Crippen molar-refractivity contribution in [2.45, 2.75) is 19.0 Å². The van der Waals surface area contributed by atoms with Crippen LogP contribution in [0.3, 0.4) is 0 Å². The third-order valence-corrected chi connectivity index (χ3v) is 3.77. The lowest BCUT2D eigenvalue weighted by Gasteiger charge is -2.15. The van der Waals surface area contributed by atoms with Crippen molar-refractivity contribution in [3.63, 3.8) is 0 Å². The minimum absolute atomic E-state index is 0. The Morgan fingerprint density at radius 2 is 1.84 bits per heavy atom. The number of nitrogens with one attached hydrogen (secondary N) is 1. The zero-order chi connectivity index (χ0) is 17.0. The summed E-state index contributed by atoms with van der Waals surface area (Å²) in [4.78, 5) is 3.72. The van der Waals surface area contributed by atoms with Gasteiger partial charge in [-0.15, -0.1) is 12.4 Å². The van der Waals surface area contributed by atoms with Gasteiger partial charge in [0.2, 0.25) is 5.88 Å². The molecule has 25 heavy (non-hydrogen) atoms. The fourth-order valence-corrected chi connectivity index (χ4v) is 2.60. The zero-order valence-electron chi connectivity index (χ0n) is 13.3. The second-order valence-electron chi connectivity index (χ2n) is 5.58. The van der Waals surface area contributed by atoms with Gasteiger partial charge in [-0.3, -0.25) is 0 Å². The molecule has 0 spiro atoms. The number of pyridine rings is 1. The van der Waals surface area contributed by atoms with Crippen LogP contribution in [0.15, 0.2) is 48.2 Å². The van der Waals surface area contributed by atoms with Crippen molar-refractivity contribution >= 4 is 18.5 Å². The van der Waals surface area contributed by atoms with Gasteiger partial charge in [-0.25, -0.2) is 4.98 Å². The normalized spacial score (nSPS) is 14.6. The molecule has 0 aliphatic carbocycles. The van der Waals surface area contributed by atoms with Crippen LogP contribution in [-0.4, -0.2) is 18.1 Å². The van der Waals surface area contributed by atoms with E-state index in [0.717, 1.165) is 37.6 Å². The second-order valence-corrected chi connectivity index (χ2v) is 5.58. The van der Waals surface area contributed by atoms with Crippen LogP contribution in [-0.2, 0) is 6.18 Å². The Morgan fingerprint density at radius 3 is 2.56 bits per heavy atom. The van der Waals surface area contributed by atoms with Gasteiger partial charge in [-0.2, -0.15) is 13.2 Å². The first kappa shape index (κ1) is 19.3. The molecular formula is C18H18ClF3N2O. The Kier molecular flexibility index (Phi) is 6.45. The van der Waals surface area contributed by atoms with Gasteiger partial charge < -0.3 is 10.1 Å². The number of ether oxygens (including phenoxy) is 1. The summed E-state index contributed by atoms with van der Waals surface area (Å²) >= 11 is 0. The van der Waals surface area contributed by atoms with E-state index < -0.39 is 17.6 Å². The molecule has 0 atom stereocenters. The predicted octanol–water partition coefficient (Wildman–Crippen LogP) is 5.08. The van der Waals surface area contributed by atoms with Gasteiger partial charge >= 0.3 is 6.18 Å². The predicted molar refractivity (Wildman–Crippen MR) is 93.1 cm³/mol. The highest BCUT2D eigenvalue weighted by molar-refractivity contribution is 5.85. The lowest BCUT2D eigenvalue weighted by atomic mass is 10.0. The highest BCUT2D eigenvalue weighted by atomic mass is 35.5. The molecule has 2 heterocycles. The number of piperidine rings is 1. The van der Waals surface area contributed by atoms with Crippen molar-refractivity contribution in [3.8, 4) is 11.6 Å². The lowest BCUT2D eigenvalue weighted by molar-refractivity contribution is -0.138. The largest absolute Gasteiger partial charge is 0.438 e. The van der Waals surface area contributed by atoms with E-state index in [4.69, 9.17) is 4.74 Å². The van der Waals surface area contributed by atoms with Gasteiger partial charge in [0.1, 0.15) is 11.3 Å². The summed E-state index contributed by atoms with van der Waals surface area (Å²) in [7, 11) is 0. The van der Waals surface area contributed by atoms with Crippen molar-refractivity contribution < 1.29 is 17.9 Å². The summed E-state index contributed by atoms with van der Waals surface area (Å²) in [6.07, 6.45) is 0.799. The number of hydrogen-bond acceptors (Lipinski definition) is 3. The van der Waals surface area contributed by atoms with Gasteiger partial charge in [0.25, 0.3) is 0 Å². The molecule has 134 valence electrons. The molecule has 0 amide bonds. The maximum Gasteiger partial charge on any atom is 0.421 e. The average Bonchev–Trinajstić information content (AvgIpc) is 2.56. The number of hydrogen-bond donors (Lipinski definition) is 1. The molecule has 0 unspecified atom stereocenters. The molecule has 0 bridgehead atoms. The SMILES string of the molecule is Cl.FC(F)(F)c1cccnc1Oc1cccc(C=C2CCNCC2)c1. The van der Waals surface area contributed by atoms with Crippen LogP contribution in [0.1, 0.15) is 24.0 Å². The maximum atomic E-state index is 13.0. The van der Waals surface area contributed by atoms with E-state index in [1.807, 2.05) is 6.07 Å². The van der Waals surface area contributed by atoms with Crippen LogP contribution in [0.4, 0.5) is 13.2 Å². The highest BCUT2D eigenvalue weighted by Crippen LogP contribution is 2.36. The quantitative estimate of drug-likeness (QED) is 0.818. The summed E-state index contributed by atoms with van der Waals surface area (Å²) in [6.45, 7) is 1.90. The van der Waals surface area contributed by atoms with E-state index in [0.29, 0.717) is 5.75 Å². The van der Waals surface area contributed by atoms with Crippen LogP contribution in [0, 0.1) is 0 Å². The lowest BCUT2D eigenvalue weighted by Crippen LogP contribution is -2.22. The molecule has 7 heteroatoms. The molecule has 1 saturated heterocycles. The third kappa shape index (κ3) is 5.21. The van der Waals surface area contributed by atoms with Crippen molar-refractivity contribution in [2.24, 2.45) is 0 Å². The van der Waals surface area contributed by atoms with Crippen molar-refractivity contribution in [2.75, 3.05) is 13.1 Å². The highest BCUT2D eigenvalue weighted by Gasteiger charge is 2.35. The van der Waals surface area contributed by atoms with Crippen LogP contribution < -0.4 is 10.1 Å². The van der Waals surface area contributed by atoms with Crippen molar-refractivity contribution in [3.05, 3.63) is 59.3 Å². The summed E-state index contributed by atoms with van der Waals surface area (Å²) < 4.78 is 44.4. The minimum atomic E-state index is -4.50. The average molecular weight is 371 g/mol. The molecule has 1 aromatic carbocycles. The Bertz CT molecular complexity index is 739.